The van der Waals surface area contributed by atoms with Crippen molar-refractivity contribution in [2.75, 3.05) is 32.8 Å². The van der Waals surface area contributed by atoms with Gasteiger partial charge in [-0.1, -0.05) is 0 Å². The van der Waals surface area contributed by atoms with Crippen molar-refractivity contribution in [3.63, 3.8) is 0 Å². The molecule has 1 aromatic heterocycles. The summed E-state index contributed by atoms with van der Waals surface area (Å²) in [5.74, 6) is 2.47. The van der Waals surface area contributed by atoms with Gasteiger partial charge in [-0.25, -0.2) is 9.98 Å². The largest absolute Gasteiger partial charge is 0.444 e. The van der Waals surface area contributed by atoms with Gasteiger partial charge < -0.3 is 24.1 Å². The molecule has 0 amide bonds. The molecule has 1 atom stereocenters. The molecule has 3 rings (SSSR count). The fourth-order valence-electron chi connectivity index (χ4n) is 3.59. The van der Waals surface area contributed by atoms with Crippen LogP contribution >= 0.6 is 0 Å². The van der Waals surface area contributed by atoms with Crippen LogP contribution in [-0.4, -0.2) is 60.9 Å². The fraction of sp³-hybridized carbons (Fsp3) is 0.800. The first-order chi connectivity index (χ1) is 13.2. The van der Waals surface area contributed by atoms with Crippen molar-refractivity contribution in [1.82, 2.24) is 15.2 Å². The monoisotopic (exact) mass is 378 g/mol. The number of likely N-dealkylation sites (tertiary alicyclic amines) is 1. The van der Waals surface area contributed by atoms with Gasteiger partial charge in [0.15, 0.2) is 5.96 Å². The lowest BCUT2D eigenvalue weighted by molar-refractivity contribution is -0.0721. The summed E-state index contributed by atoms with van der Waals surface area (Å²) in [5.41, 5.74) is 0.935. The van der Waals surface area contributed by atoms with E-state index < -0.39 is 0 Å². The lowest BCUT2D eigenvalue weighted by atomic mass is 10.1. The van der Waals surface area contributed by atoms with E-state index in [9.17, 15) is 0 Å². The molecule has 3 heterocycles. The number of aryl methyl sites for hydroxylation is 2. The van der Waals surface area contributed by atoms with Gasteiger partial charge in [0.2, 0.25) is 5.89 Å². The number of guanidine groups is 1. The van der Waals surface area contributed by atoms with Crippen LogP contribution < -0.4 is 5.32 Å². The molecule has 0 bridgehead atoms. The maximum absolute atomic E-state index is 6.12. The van der Waals surface area contributed by atoms with Gasteiger partial charge in [-0.05, 0) is 52.9 Å². The summed E-state index contributed by atoms with van der Waals surface area (Å²) in [6, 6.07) is 0. The summed E-state index contributed by atoms with van der Waals surface area (Å²) in [7, 11) is 0. The minimum Gasteiger partial charge on any atom is -0.444 e. The minimum atomic E-state index is 0.295. The summed E-state index contributed by atoms with van der Waals surface area (Å²) in [5, 5.41) is 3.39. The van der Waals surface area contributed by atoms with Crippen molar-refractivity contribution in [3.05, 3.63) is 17.3 Å². The van der Waals surface area contributed by atoms with Crippen LogP contribution in [0.25, 0.3) is 0 Å². The number of nitrogens with one attached hydrogen (secondary N) is 1. The molecule has 7 heteroatoms. The number of oxazole rings is 1. The number of rotatable bonds is 6. The Kier molecular flexibility index (Phi) is 7.52. The van der Waals surface area contributed by atoms with E-state index in [1.54, 1.807) is 0 Å². The lowest BCUT2D eigenvalue weighted by Gasteiger charge is -2.35. The first-order valence-electron chi connectivity index (χ1n) is 10.3. The van der Waals surface area contributed by atoms with Crippen LogP contribution in [0, 0.1) is 13.8 Å². The van der Waals surface area contributed by atoms with Gasteiger partial charge in [-0.3, -0.25) is 0 Å². The molecule has 27 heavy (non-hydrogen) atoms. The first-order valence-corrected chi connectivity index (χ1v) is 10.3. The predicted molar refractivity (Wildman–Crippen MR) is 105 cm³/mol. The molecule has 2 saturated heterocycles. The normalized spacial score (nSPS) is 22.3. The Labute approximate surface area is 162 Å². The highest BCUT2D eigenvalue weighted by Gasteiger charge is 2.24. The van der Waals surface area contributed by atoms with Crippen LogP contribution in [-0.2, 0) is 16.0 Å². The van der Waals surface area contributed by atoms with Crippen LogP contribution in [0.5, 0.6) is 0 Å². The molecule has 1 N–H and O–H groups in total. The maximum atomic E-state index is 6.12. The van der Waals surface area contributed by atoms with Crippen LogP contribution in [0.3, 0.4) is 0 Å². The molecule has 0 aliphatic carbocycles. The van der Waals surface area contributed by atoms with Crippen LogP contribution in [0.15, 0.2) is 9.41 Å². The van der Waals surface area contributed by atoms with Gasteiger partial charge in [-0.2, -0.15) is 0 Å². The van der Waals surface area contributed by atoms with Crippen molar-refractivity contribution in [3.8, 4) is 0 Å². The Balaban J connectivity index is 1.46. The maximum Gasteiger partial charge on any atom is 0.216 e. The average molecular weight is 379 g/mol. The Morgan fingerprint density at radius 2 is 2.07 bits per heavy atom. The van der Waals surface area contributed by atoms with Crippen LogP contribution in [0.4, 0.5) is 0 Å². The van der Waals surface area contributed by atoms with Gasteiger partial charge in [0.05, 0.1) is 24.5 Å². The lowest BCUT2D eigenvalue weighted by Crippen LogP contribution is -2.47. The van der Waals surface area contributed by atoms with E-state index >= 15 is 0 Å². The smallest absolute Gasteiger partial charge is 0.216 e. The molecule has 7 nitrogen and oxygen atoms in total. The molecule has 2 fully saturated rings. The topological polar surface area (TPSA) is 72.1 Å². The number of hydrogen-bond donors (Lipinski definition) is 1. The Morgan fingerprint density at radius 1 is 1.26 bits per heavy atom. The molecule has 2 aliphatic heterocycles. The zero-order chi connectivity index (χ0) is 19.1. The molecule has 152 valence electrons. The van der Waals surface area contributed by atoms with Crippen molar-refractivity contribution < 1.29 is 13.9 Å². The summed E-state index contributed by atoms with van der Waals surface area (Å²) < 4.78 is 17.5. The van der Waals surface area contributed by atoms with Gasteiger partial charge in [0, 0.05) is 26.2 Å². The van der Waals surface area contributed by atoms with Gasteiger partial charge in [-0.15, -0.1) is 0 Å². The SMILES string of the molecule is CCNC(=NCc1nc(C)c(C)o1)N1CCC(OCC2CCCCO2)CC1. The number of aliphatic imine (C=N–C) groups is 1. The average Bonchev–Trinajstić information content (AvgIpc) is 3.02. The molecular weight excluding hydrogens is 344 g/mol. The fourth-order valence-corrected chi connectivity index (χ4v) is 3.59. The highest BCUT2D eigenvalue weighted by molar-refractivity contribution is 5.80. The van der Waals surface area contributed by atoms with E-state index in [2.05, 4.69) is 22.1 Å². The number of aromatic nitrogens is 1. The molecule has 0 aromatic carbocycles. The predicted octanol–water partition coefficient (Wildman–Crippen LogP) is 2.81. The van der Waals surface area contributed by atoms with Crippen molar-refractivity contribution in [1.29, 1.82) is 0 Å². The Bertz CT molecular complexity index is 583. The standard InChI is InChI=1S/C20H34N4O3/c1-4-21-20(22-13-19-23-15(2)16(3)27-19)24-10-8-17(9-11-24)26-14-18-7-5-6-12-25-18/h17-18H,4-14H2,1-3H3,(H,21,22). The Morgan fingerprint density at radius 3 is 2.70 bits per heavy atom. The highest BCUT2D eigenvalue weighted by atomic mass is 16.5. The molecule has 1 aromatic rings. The second kappa shape index (κ2) is 10.1. The van der Waals surface area contributed by atoms with E-state index in [-0.39, 0.29) is 0 Å². The summed E-state index contributed by atoms with van der Waals surface area (Å²) in [4.78, 5) is 11.4. The van der Waals surface area contributed by atoms with Crippen molar-refractivity contribution >= 4 is 5.96 Å². The third kappa shape index (κ3) is 5.94. The van der Waals surface area contributed by atoms with Crippen LogP contribution in [0.2, 0.25) is 0 Å². The second-order valence-corrected chi connectivity index (χ2v) is 7.43. The molecule has 1 unspecified atom stereocenters. The molecule has 0 spiro atoms. The van der Waals surface area contributed by atoms with Crippen LogP contribution in [0.1, 0.15) is 56.4 Å². The van der Waals surface area contributed by atoms with E-state index in [0.29, 0.717) is 24.6 Å². The third-order valence-corrected chi connectivity index (χ3v) is 5.31. The van der Waals surface area contributed by atoms with E-state index in [0.717, 1.165) is 69.5 Å². The van der Waals surface area contributed by atoms with Crippen molar-refractivity contribution in [2.24, 2.45) is 4.99 Å². The first kappa shape index (κ1) is 20.1. The molecule has 2 aliphatic rings. The summed E-state index contributed by atoms with van der Waals surface area (Å²) in [6.45, 7) is 10.8. The minimum absolute atomic E-state index is 0.295. The van der Waals surface area contributed by atoms with E-state index in [1.165, 1.54) is 12.8 Å². The quantitative estimate of drug-likeness (QED) is 0.606. The Hall–Kier alpha value is -1.60. The molecular formula is C20H34N4O3. The number of hydrogen-bond acceptors (Lipinski definition) is 5. The van der Waals surface area contributed by atoms with E-state index in [1.807, 2.05) is 13.8 Å². The van der Waals surface area contributed by atoms with E-state index in [4.69, 9.17) is 18.9 Å². The van der Waals surface area contributed by atoms with Gasteiger partial charge in [0.1, 0.15) is 12.3 Å². The number of nitrogens with zero attached hydrogens (tertiary/aromatic N) is 3. The highest BCUT2D eigenvalue weighted by Crippen LogP contribution is 2.18. The summed E-state index contributed by atoms with van der Waals surface area (Å²) >= 11 is 0. The van der Waals surface area contributed by atoms with Crippen molar-refractivity contribution in [2.45, 2.75) is 71.6 Å². The zero-order valence-corrected chi connectivity index (χ0v) is 17.0. The zero-order valence-electron chi connectivity index (χ0n) is 17.0. The summed E-state index contributed by atoms with van der Waals surface area (Å²) in [6.07, 6.45) is 6.25. The van der Waals surface area contributed by atoms with Gasteiger partial charge >= 0.3 is 0 Å². The number of piperidine rings is 1. The second-order valence-electron chi connectivity index (χ2n) is 7.43. The molecule has 0 saturated carbocycles. The third-order valence-electron chi connectivity index (χ3n) is 5.31. The van der Waals surface area contributed by atoms with Gasteiger partial charge in [0.25, 0.3) is 0 Å². The molecule has 0 radical (unpaired) electrons. The number of ether oxygens (including phenoxy) is 2.